The van der Waals surface area contributed by atoms with Gasteiger partial charge in [0.2, 0.25) is 0 Å². The molecule has 1 aromatic rings. The first kappa shape index (κ1) is 16.0. The van der Waals surface area contributed by atoms with Crippen LogP contribution in [0.15, 0.2) is 18.3 Å². The summed E-state index contributed by atoms with van der Waals surface area (Å²) < 4.78 is 5.35. The highest BCUT2D eigenvalue weighted by Gasteiger charge is 2.23. The van der Waals surface area contributed by atoms with E-state index >= 15 is 0 Å². The van der Waals surface area contributed by atoms with Gasteiger partial charge in [0, 0.05) is 32.8 Å². The molecule has 21 heavy (non-hydrogen) atoms. The van der Waals surface area contributed by atoms with Crippen LogP contribution in [0.25, 0.3) is 0 Å². The van der Waals surface area contributed by atoms with Gasteiger partial charge in [0.25, 0.3) is 5.91 Å². The molecule has 1 atom stereocenters. The van der Waals surface area contributed by atoms with Gasteiger partial charge < -0.3 is 20.3 Å². The first-order chi connectivity index (χ1) is 9.83. The Bertz CT molecular complexity index is 457. The van der Waals surface area contributed by atoms with Crippen molar-refractivity contribution in [1.82, 2.24) is 10.3 Å². The fourth-order valence-electron chi connectivity index (χ4n) is 2.56. The second kappa shape index (κ2) is 7.59. The highest BCUT2D eigenvalue weighted by atomic mass is 35.5. The molecule has 2 saturated heterocycles. The van der Waals surface area contributed by atoms with Gasteiger partial charge in [0.15, 0.2) is 0 Å². The smallest absolute Gasteiger partial charge is 0.254 e. The van der Waals surface area contributed by atoms with Gasteiger partial charge in [-0.3, -0.25) is 4.79 Å². The Kier molecular flexibility index (Phi) is 5.78. The number of nitrogens with zero attached hydrogens (tertiary/aromatic N) is 2. The Balaban J connectivity index is 0.00000161. The number of piperazine rings is 1. The summed E-state index contributed by atoms with van der Waals surface area (Å²) in [4.78, 5) is 18.5. The number of amides is 1. The zero-order valence-electron chi connectivity index (χ0n) is 11.9. The standard InChI is InChI=1S/C14H20N4O2.ClH/c19-14(12-2-1-9-20-12)17-13-4-3-11(10-16-13)18-7-5-15-6-8-18;/h3-4,10,12,15H,1-2,5-9H2,(H,16,17,19);1H/t12-;/m0./s1. The zero-order valence-corrected chi connectivity index (χ0v) is 12.7. The van der Waals surface area contributed by atoms with Crippen molar-refractivity contribution in [3.05, 3.63) is 18.3 Å². The molecule has 1 aromatic heterocycles. The number of ether oxygens (including phenoxy) is 1. The third kappa shape index (κ3) is 4.06. The second-order valence-corrected chi connectivity index (χ2v) is 5.13. The van der Waals surface area contributed by atoms with Crippen molar-refractivity contribution in [3.63, 3.8) is 0 Å². The minimum atomic E-state index is -0.315. The summed E-state index contributed by atoms with van der Waals surface area (Å²) in [5.74, 6) is 0.495. The van der Waals surface area contributed by atoms with Crippen molar-refractivity contribution < 1.29 is 9.53 Å². The number of halogens is 1. The molecule has 3 rings (SSSR count). The molecule has 2 N–H and O–H groups in total. The minimum Gasteiger partial charge on any atom is -0.368 e. The number of aromatic nitrogens is 1. The molecule has 6 nitrogen and oxygen atoms in total. The van der Waals surface area contributed by atoms with Gasteiger partial charge in [-0.05, 0) is 25.0 Å². The first-order valence-corrected chi connectivity index (χ1v) is 7.17. The van der Waals surface area contributed by atoms with Crippen LogP contribution in [0.5, 0.6) is 0 Å². The van der Waals surface area contributed by atoms with E-state index in [1.165, 1.54) is 0 Å². The maximum atomic E-state index is 11.9. The maximum Gasteiger partial charge on any atom is 0.254 e. The molecular formula is C14H21ClN4O2. The summed E-state index contributed by atoms with van der Waals surface area (Å²) in [7, 11) is 0. The predicted octanol–water partition coefficient (Wildman–Crippen LogP) is 1.03. The SMILES string of the molecule is Cl.O=C(Nc1ccc(N2CCNCC2)cn1)[C@@H]1CCCO1. The van der Waals surface area contributed by atoms with E-state index in [0.717, 1.165) is 44.7 Å². The van der Waals surface area contributed by atoms with Gasteiger partial charge in [-0.2, -0.15) is 0 Å². The summed E-state index contributed by atoms with van der Waals surface area (Å²) in [6.45, 7) is 4.65. The number of hydrogen-bond acceptors (Lipinski definition) is 5. The average Bonchev–Trinajstić information content (AvgIpc) is 3.03. The van der Waals surface area contributed by atoms with Crippen molar-refractivity contribution in [1.29, 1.82) is 0 Å². The summed E-state index contributed by atoms with van der Waals surface area (Å²) in [6, 6.07) is 3.85. The molecule has 0 spiro atoms. The highest BCUT2D eigenvalue weighted by molar-refractivity contribution is 5.93. The lowest BCUT2D eigenvalue weighted by Crippen LogP contribution is -2.43. The summed E-state index contributed by atoms with van der Waals surface area (Å²) in [5, 5.41) is 6.13. The lowest BCUT2D eigenvalue weighted by molar-refractivity contribution is -0.124. The van der Waals surface area contributed by atoms with Gasteiger partial charge >= 0.3 is 0 Å². The third-order valence-corrected chi connectivity index (χ3v) is 3.70. The molecule has 0 unspecified atom stereocenters. The fourth-order valence-corrected chi connectivity index (χ4v) is 2.56. The Morgan fingerprint density at radius 1 is 1.38 bits per heavy atom. The summed E-state index contributed by atoms with van der Waals surface area (Å²) in [5.41, 5.74) is 1.10. The van der Waals surface area contributed by atoms with Crippen molar-refractivity contribution in [2.24, 2.45) is 0 Å². The number of pyridine rings is 1. The van der Waals surface area contributed by atoms with Crippen LogP contribution < -0.4 is 15.5 Å². The van der Waals surface area contributed by atoms with Crippen molar-refractivity contribution in [2.45, 2.75) is 18.9 Å². The monoisotopic (exact) mass is 312 g/mol. The van der Waals surface area contributed by atoms with Gasteiger partial charge in [-0.15, -0.1) is 12.4 Å². The molecule has 0 aromatic carbocycles. The van der Waals surface area contributed by atoms with E-state index in [-0.39, 0.29) is 24.4 Å². The molecule has 0 aliphatic carbocycles. The third-order valence-electron chi connectivity index (χ3n) is 3.70. The minimum absolute atomic E-state index is 0. The molecule has 0 saturated carbocycles. The Labute approximate surface area is 130 Å². The van der Waals surface area contributed by atoms with Crippen LogP contribution in [0.4, 0.5) is 11.5 Å². The molecule has 2 aliphatic rings. The zero-order chi connectivity index (χ0) is 13.8. The number of rotatable bonds is 3. The van der Waals surface area contributed by atoms with Gasteiger partial charge in [0.1, 0.15) is 11.9 Å². The molecule has 2 aliphatic heterocycles. The lowest BCUT2D eigenvalue weighted by Gasteiger charge is -2.29. The van der Waals surface area contributed by atoms with E-state index in [1.54, 1.807) is 0 Å². The van der Waals surface area contributed by atoms with Crippen molar-refractivity contribution in [2.75, 3.05) is 43.0 Å². The number of carbonyl (C=O) groups excluding carboxylic acids is 1. The van der Waals surface area contributed by atoms with E-state index in [0.29, 0.717) is 12.4 Å². The van der Waals surface area contributed by atoms with Gasteiger partial charge in [-0.25, -0.2) is 4.98 Å². The number of nitrogens with one attached hydrogen (secondary N) is 2. The van der Waals surface area contributed by atoms with E-state index in [2.05, 4.69) is 20.5 Å². The Hall–Kier alpha value is -1.37. The van der Waals surface area contributed by atoms with E-state index in [1.807, 2.05) is 18.3 Å². The van der Waals surface area contributed by atoms with Crippen LogP contribution >= 0.6 is 12.4 Å². The van der Waals surface area contributed by atoms with E-state index in [9.17, 15) is 4.79 Å². The maximum absolute atomic E-state index is 11.9. The Morgan fingerprint density at radius 3 is 2.81 bits per heavy atom. The van der Waals surface area contributed by atoms with Crippen molar-refractivity contribution in [3.8, 4) is 0 Å². The van der Waals surface area contributed by atoms with Crippen LogP contribution in [0.2, 0.25) is 0 Å². The number of carbonyl (C=O) groups is 1. The van der Waals surface area contributed by atoms with Crippen LogP contribution in [0, 0.1) is 0 Å². The van der Waals surface area contributed by atoms with Crippen molar-refractivity contribution >= 4 is 29.8 Å². The average molecular weight is 313 g/mol. The molecule has 2 fully saturated rings. The topological polar surface area (TPSA) is 66.5 Å². The molecule has 3 heterocycles. The van der Waals surface area contributed by atoms with E-state index < -0.39 is 0 Å². The second-order valence-electron chi connectivity index (χ2n) is 5.13. The van der Waals surface area contributed by atoms with Crippen LogP contribution in [0.3, 0.4) is 0 Å². The first-order valence-electron chi connectivity index (χ1n) is 7.17. The van der Waals surface area contributed by atoms with Crippen LogP contribution in [-0.4, -0.2) is 49.8 Å². The molecule has 116 valence electrons. The molecule has 0 radical (unpaired) electrons. The van der Waals surface area contributed by atoms with Gasteiger partial charge in [0.05, 0.1) is 11.9 Å². The largest absolute Gasteiger partial charge is 0.368 e. The van der Waals surface area contributed by atoms with Gasteiger partial charge in [-0.1, -0.05) is 0 Å². The summed E-state index contributed by atoms with van der Waals surface area (Å²) >= 11 is 0. The molecule has 7 heteroatoms. The predicted molar refractivity (Wildman–Crippen MR) is 84.2 cm³/mol. The van der Waals surface area contributed by atoms with Crippen LogP contribution in [-0.2, 0) is 9.53 Å². The quantitative estimate of drug-likeness (QED) is 0.872. The van der Waals surface area contributed by atoms with Crippen LogP contribution in [0.1, 0.15) is 12.8 Å². The molecular weight excluding hydrogens is 292 g/mol. The normalized spacial score (nSPS) is 21.7. The highest BCUT2D eigenvalue weighted by Crippen LogP contribution is 2.17. The molecule has 0 bridgehead atoms. The summed E-state index contributed by atoms with van der Waals surface area (Å²) in [6.07, 6.45) is 3.25. The fraction of sp³-hybridized carbons (Fsp3) is 0.571. The number of hydrogen-bond donors (Lipinski definition) is 2. The van der Waals surface area contributed by atoms with E-state index in [4.69, 9.17) is 4.74 Å². The molecule has 1 amide bonds. The Morgan fingerprint density at radius 2 is 2.19 bits per heavy atom. The lowest BCUT2D eigenvalue weighted by atomic mass is 10.2. The number of anilines is 2.